The van der Waals surface area contributed by atoms with E-state index in [2.05, 4.69) is 15.6 Å². The lowest BCUT2D eigenvalue weighted by molar-refractivity contribution is 0.102. The van der Waals surface area contributed by atoms with Gasteiger partial charge in [-0.3, -0.25) is 4.79 Å². The van der Waals surface area contributed by atoms with Gasteiger partial charge in [-0.05, 0) is 43.2 Å². The maximum Gasteiger partial charge on any atom is 0.255 e. The molecule has 7 heteroatoms. The molecule has 1 N–H and O–H groups in total. The minimum Gasteiger partial charge on any atom is -0.319 e. The first-order chi connectivity index (χ1) is 12.1. The van der Waals surface area contributed by atoms with Crippen LogP contribution < -0.4 is 5.32 Å². The highest BCUT2D eigenvalue weighted by atomic mass is 19.1. The highest BCUT2D eigenvalue weighted by molar-refractivity contribution is 6.05. The van der Waals surface area contributed by atoms with Gasteiger partial charge in [0.15, 0.2) is 0 Å². The van der Waals surface area contributed by atoms with E-state index >= 15 is 0 Å². The van der Waals surface area contributed by atoms with Crippen molar-refractivity contribution in [3.63, 3.8) is 0 Å². The van der Waals surface area contributed by atoms with Gasteiger partial charge in [0.25, 0.3) is 5.91 Å². The van der Waals surface area contributed by atoms with E-state index in [1.165, 1.54) is 12.8 Å². The molecule has 1 aliphatic carbocycles. The molecule has 3 aromatic rings. The van der Waals surface area contributed by atoms with Gasteiger partial charge in [-0.1, -0.05) is 18.1 Å². The molecule has 0 saturated heterocycles. The number of halogens is 2. The molecule has 5 nitrogen and oxygen atoms in total. The molecule has 0 bridgehead atoms. The number of anilines is 1. The molecule has 1 aliphatic rings. The normalized spacial score (nSPS) is 15.0. The van der Waals surface area contributed by atoms with Gasteiger partial charge in [0.2, 0.25) is 0 Å². The molecule has 128 valence electrons. The molecule has 25 heavy (non-hydrogen) atoms. The topological polar surface area (TPSA) is 59.8 Å². The van der Waals surface area contributed by atoms with Crippen molar-refractivity contribution in [1.29, 1.82) is 0 Å². The van der Waals surface area contributed by atoms with Crippen molar-refractivity contribution >= 4 is 22.6 Å². The summed E-state index contributed by atoms with van der Waals surface area (Å²) in [6, 6.07) is 8.32. The number of aromatic nitrogens is 3. The third-order valence-electron chi connectivity index (χ3n) is 4.58. The van der Waals surface area contributed by atoms with Crippen LogP contribution in [0.3, 0.4) is 0 Å². The summed E-state index contributed by atoms with van der Waals surface area (Å²) in [5.74, 6) is -1.84. The van der Waals surface area contributed by atoms with E-state index in [4.69, 9.17) is 0 Å². The van der Waals surface area contributed by atoms with Crippen molar-refractivity contribution in [3.05, 3.63) is 53.6 Å². The van der Waals surface area contributed by atoms with Crippen LogP contribution in [-0.4, -0.2) is 20.9 Å². The zero-order chi connectivity index (χ0) is 17.4. The Labute approximate surface area is 142 Å². The van der Waals surface area contributed by atoms with Crippen LogP contribution in [0.1, 0.15) is 42.1 Å². The molecule has 0 radical (unpaired) electrons. The van der Waals surface area contributed by atoms with E-state index in [0.717, 1.165) is 36.6 Å². The summed E-state index contributed by atoms with van der Waals surface area (Å²) in [5.41, 5.74) is 1.61. The summed E-state index contributed by atoms with van der Waals surface area (Å²) >= 11 is 0. The molecule has 1 heterocycles. The lowest BCUT2D eigenvalue weighted by Gasteiger charge is -2.10. The highest BCUT2D eigenvalue weighted by Gasteiger charge is 2.20. The maximum absolute atomic E-state index is 13.7. The monoisotopic (exact) mass is 342 g/mol. The van der Waals surface area contributed by atoms with Crippen LogP contribution in [0.15, 0.2) is 36.4 Å². The SMILES string of the molecule is O=C(Nc1cc(F)ccc1F)c1ccc2c(c1)nnn2C1CCCC1. The predicted molar refractivity (Wildman–Crippen MR) is 89.3 cm³/mol. The molecule has 1 aromatic heterocycles. The van der Waals surface area contributed by atoms with E-state index in [-0.39, 0.29) is 5.69 Å². The maximum atomic E-state index is 13.7. The molecule has 1 amide bonds. The lowest BCUT2D eigenvalue weighted by atomic mass is 10.1. The second-order valence-corrected chi connectivity index (χ2v) is 6.25. The Kier molecular flexibility index (Phi) is 3.91. The minimum absolute atomic E-state index is 0.195. The van der Waals surface area contributed by atoms with Crippen molar-refractivity contribution < 1.29 is 13.6 Å². The Morgan fingerprint density at radius 2 is 1.92 bits per heavy atom. The molecule has 4 rings (SSSR count). The Morgan fingerprint density at radius 3 is 2.72 bits per heavy atom. The number of hydrogen-bond acceptors (Lipinski definition) is 3. The van der Waals surface area contributed by atoms with Crippen LogP contribution in [0.4, 0.5) is 14.5 Å². The van der Waals surface area contributed by atoms with Gasteiger partial charge >= 0.3 is 0 Å². The number of carbonyl (C=O) groups is 1. The molecular formula is C18H16F2N4O. The molecule has 1 saturated carbocycles. The van der Waals surface area contributed by atoms with Crippen molar-refractivity contribution in [2.45, 2.75) is 31.7 Å². The van der Waals surface area contributed by atoms with Gasteiger partial charge in [0.1, 0.15) is 17.2 Å². The Hall–Kier alpha value is -2.83. The first-order valence-corrected chi connectivity index (χ1v) is 8.23. The van der Waals surface area contributed by atoms with Gasteiger partial charge < -0.3 is 5.32 Å². The Bertz CT molecular complexity index is 947. The van der Waals surface area contributed by atoms with Crippen LogP contribution in [-0.2, 0) is 0 Å². The fourth-order valence-electron chi connectivity index (χ4n) is 3.29. The number of fused-ring (bicyclic) bond motifs is 1. The van der Waals surface area contributed by atoms with Crippen LogP contribution in [0.25, 0.3) is 11.0 Å². The molecule has 0 aliphatic heterocycles. The number of hydrogen-bond donors (Lipinski definition) is 1. The number of nitrogens with one attached hydrogen (secondary N) is 1. The fourth-order valence-corrected chi connectivity index (χ4v) is 3.29. The van der Waals surface area contributed by atoms with Crippen LogP contribution >= 0.6 is 0 Å². The minimum atomic E-state index is -0.692. The van der Waals surface area contributed by atoms with Crippen molar-refractivity contribution in [3.8, 4) is 0 Å². The van der Waals surface area contributed by atoms with Crippen LogP contribution in [0.5, 0.6) is 0 Å². The molecule has 0 atom stereocenters. The van der Waals surface area contributed by atoms with Crippen LogP contribution in [0, 0.1) is 11.6 Å². The molecular weight excluding hydrogens is 326 g/mol. The third kappa shape index (κ3) is 2.97. The summed E-state index contributed by atoms with van der Waals surface area (Å²) in [6.07, 6.45) is 4.54. The van der Waals surface area contributed by atoms with E-state index in [1.54, 1.807) is 18.2 Å². The summed E-state index contributed by atoms with van der Waals surface area (Å²) in [7, 11) is 0. The fraction of sp³-hybridized carbons (Fsp3) is 0.278. The molecule has 2 aromatic carbocycles. The Balaban J connectivity index is 1.61. The van der Waals surface area contributed by atoms with Crippen molar-refractivity contribution in [2.75, 3.05) is 5.32 Å². The quantitative estimate of drug-likeness (QED) is 0.780. The first kappa shape index (κ1) is 15.7. The van der Waals surface area contributed by atoms with E-state index in [0.29, 0.717) is 17.1 Å². The average Bonchev–Trinajstić information content (AvgIpc) is 3.26. The van der Waals surface area contributed by atoms with Crippen molar-refractivity contribution in [1.82, 2.24) is 15.0 Å². The number of carbonyl (C=O) groups excluding carboxylic acids is 1. The number of benzene rings is 2. The van der Waals surface area contributed by atoms with Gasteiger partial charge in [-0.25, -0.2) is 13.5 Å². The summed E-state index contributed by atoms with van der Waals surface area (Å²) < 4.78 is 28.8. The lowest BCUT2D eigenvalue weighted by Crippen LogP contribution is -2.13. The molecule has 1 fully saturated rings. The average molecular weight is 342 g/mol. The second-order valence-electron chi connectivity index (χ2n) is 6.25. The largest absolute Gasteiger partial charge is 0.319 e. The van der Waals surface area contributed by atoms with Gasteiger partial charge in [0.05, 0.1) is 17.2 Å². The number of rotatable bonds is 3. The summed E-state index contributed by atoms with van der Waals surface area (Å²) in [6.45, 7) is 0. The summed E-state index contributed by atoms with van der Waals surface area (Å²) in [5, 5.41) is 10.7. The predicted octanol–water partition coefficient (Wildman–Crippen LogP) is 4.08. The zero-order valence-corrected chi connectivity index (χ0v) is 13.4. The first-order valence-electron chi connectivity index (χ1n) is 8.23. The second kappa shape index (κ2) is 6.23. The number of nitrogens with zero attached hydrogens (tertiary/aromatic N) is 3. The smallest absolute Gasteiger partial charge is 0.255 e. The van der Waals surface area contributed by atoms with E-state index in [1.807, 2.05) is 4.68 Å². The van der Waals surface area contributed by atoms with Crippen LogP contribution in [0.2, 0.25) is 0 Å². The summed E-state index contributed by atoms with van der Waals surface area (Å²) in [4.78, 5) is 12.3. The molecule has 0 unspecified atom stereocenters. The van der Waals surface area contributed by atoms with E-state index < -0.39 is 17.5 Å². The number of amides is 1. The standard InChI is InChI=1S/C18H16F2N4O/c19-12-6-7-14(20)15(10-12)21-18(25)11-5-8-17-16(9-11)22-23-24(17)13-3-1-2-4-13/h5-10,13H,1-4H2,(H,21,25). The van der Waals surface area contributed by atoms with Gasteiger partial charge in [-0.2, -0.15) is 0 Å². The third-order valence-corrected chi connectivity index (χ3v) is 4.58. The zero-order valence-electron chi connectivity index (χ0n) is 13.4. The van der Waals surface area contributed by atoms with Crippen molar-refractivity contribution in [2.24, 2.45) is 0 Å². The Morgan fingerprint density at radius 1 is 1.12 bits per heavy atom. The molecule has 0 spiro atoms. The highest BCUT2D eigenvalue weighted by Crippen LogP contribution is 2.31. The van der Waals surface area contributed by atoms with Gasteiger partial charge in [0, 0.05) is 11.6 Å². The van der Waals surface area contributed by atoms with E-state index in [9.17, 15) is 13.6 Å². The van der Waals surface area contributed by atoms with Gasteiger partial charge in [-0.15, -0.1) is 5.10 Å².